The molecule has 5 nitrogen and oxygen atoms in total. The van der Waals surface area contributed by atoms with Crippen molar-refractivity contribution in [2.45, 2.75) is 26.4 Å². The van der Waals surface area contributed by atoms with Crippen LogP contribution in [-0.2, 0) is 11.2 Å². The van der Waals surface area contributed by atoms with Crippen molar-refractivity contribution in [3.63, 3.8) is 0 Å². The summed E-state index contributed by atoms with van der Waals surface area (Å²) in [4.78, 5) is 23.5. The number of anilines is 2. The van der Waals surface area contributed by atoms with Crippen LogP contribution < -0.4 is 16.0 Å². The van der Waals surface area contributed by atoms with Crippen LogP contribution >= 0.6 is 0 Å². The molecule has 0 atom stereocenters. The highest BCUT2D eigenvalue weighted by atomic mass is 19.4. The molecule has 0 aliphatic heterocycles. The first kappa shape index (κ1) is 20.3. The van der Waals surface area contributed by atoms with Crippen LogP contribution in [0.3, 0.4) is 0 Å². The minimum absolute atomic E-state index is 0.175. The zero-order valence-electron chi connectivity index (χ0n) is 14.9. The third-order valence-corrected chi connectivity index (χ3v) is 3.83. The number of aryl methyl sites for hydroxylation is 2. The van der Waals surface area contributed by atoms with E-state index in [0.717, 1.165) is 11.1 Å². The Labute approximate surface area is 155 Å². The number of hydrogen-bond donors (Lipinski definition) is 3. The van der Waals surface area contributed by atoms with Gasteiger partial charge < -0.3 is 16.0 Å². The van der Waals surface area contributed by atoms with Crippen molar-refractivity contribution in [1.82, 2.24) is 5.32 Å². The van der Waals surface area contributed by atoms with Gasteiger partial charge in [-0.1, -0.05) is 18.2 Å². The molecular formula is C19H20F3N3O2. The lowest BCUT2D eigenvalue weighted by atomic mass is 10.1. The SMILES string of the molecule is Cc1ccc(NC(=O)Nc2ccc(CC(=O)NCC(F)(F)F)cc2)cc1C. The van der Waals surface area contributed by atoms with Gasteiger partial charge in [0.25, 0.3) is 0 Å². The van der Waals surface area contributed by atoms with Gasteiger partial charge in [0.15, 0.2) is 0 Å². The first-order valence-electron chi connectivity index (χ1n) is 8.20. The lowest BCUT2D eigenvalue weighted by Gasteiger charge is -2.10. The predicted octanol–water partition coefficient (Wildman–Crippen LogP) is 4.17. The van der Waals surface area contributed by atoms with Gasteiger partial charge in [-0.2, -0.15) is 13.2 Å². The van der Waals surface area contributed by atoms with Gasteiger partial charge in [0, 0.05) is 11.4 Å². The summed E-state index contributed by atoms with van der Waals surface area (Å²) in [6, 6.07) is 11.4. The third-order valence-electron chi connectivity index (χ3n) is 3.83. The molecule has 2 aromatic carbocycles. The number of alkyl halides is 3. The summed E-state index contributed by atoms with van der Waals surface area (Å²) in [6.45, 7) is 2.57. The minimum atomic E-state index is -4.44. The predicted molar refractivity (Wildman–Crippen MR) is 97.8 cm³/mol. The average Bonchev–Trinajstić information content (AvgIpc) is 2.57. The number of nitrogens with one attached hydrogen (secondary N) is 3. The topological polar surface area (TPSA) is 70.2 Å². The molecule has 0 aliphatic rings. The molecule has 0 aliphatic carbocycles. The van der Waals surface area contributed by atoms with E-state index in [1.807, 2.05) is 31.3 Å². The first-order valence-corrected chi connectivity index (χ1v) is 8.20. The van der Waals surface area contributed by atoms with Crippen LogP contribution in [0.15, 0.2) is 42.5 Å². The van der Waals surface area contributed by atoms with E-state index in [1.165, 1.54) is 0 Å². The van der Waals surface area contributed by atoms with E-state index in [2.05, 4.69) is 10.6 Å². The lowest BCUT2D eigenvalue weighted by Crippen LogP contribution is -2.34. The summed E-state index contributed by atoms with van der Waals surface area (Å²) in [6.07, 6.45) is -4.61. The van der Waals surface area contributed by atoms with Gasteiger partial charge in [-0.05, 0) is 54.8 Å². The Bertz CT molecular complexity index is 818. The molecule has 0 saturated heterocycles. The van der Waals surface area contributed by atoms with Crippen LogP contribution in [0.5, 0.6) is 0 Å². The summed E-state index contributed by atoms with van der Waals surface area (Å²) in [7, 11) is 0. The number of carbonyl (C=O) groups is 2. The second kappa shape index (κ2) is 8.57. The van der Waals surface area contributed by atoms with Crippen LogP contribution in [0.4, 0.5) is 29.3 Å². The number of benzene rings is 2. The van der Waals surface area contributed by atoms with E-state index < -0.39 is 24.7 Å². The Balaban J connectivity index is 1.86. The minimum Gasteiger partial charge on any atom is -0.347 e. The van der Waals surface area contributed by atoms with Crippen LogP contribution in [0.2, 0.25) is 0 Å². The molecule has 2 rings (SSSR count). The van der Waals surface area contributed by atoms with Gasteiger partial charge in [-0.15, -0.1) is 0 Å². The van der Waals surface area contributed by atoms with Gasteiger partial charge in [-0.25, -0.2) is 4.79 Å². The second-order valence-electron chi connectivity index (χ2n) is 6.14. The molecular weight excluding hydrogens is 359 g/mol. The Kier molecular flexibility index (Phi) is 6.44. The molecule has 0 unspecified atom stereocenters. The van der Waals surface area contributed by atoms with Gasteiger partial charge in [-0.3, -0.25) is 4.79 Å². The molecule has 2 aromatic rings. The van der Waals surface area contributed by atoms with Gasteiger partial charge in [0.2, 0.25) is 5.91 Å². The number of urea groups is 1. The summed E-state index contributed by atoms with van der Waals surface area (Å²) in [5, 5.41) is 7.18. The molecule has 27 heavy (non-hydrogen) atoms. The average molecular weight is 379 g/mol. The van der Waals surface area contributed by atoms with Gasteiger partial charge in [0.1, 0.15) is 6.54 Å². The van der Waals surface area contributed by atoms with E-state index in [4.69, 9.17) is 0 Å². The Morgan fingerprint density at radius 2 is 1.48 bits per heavy atom. The smallest absolute Gasteiger partial charge is 0.347 e. The molecule has 8 heteroatoms. The molecule has 0 bridgehead atoms. The van der Waals surface area contributed by atoms with E-state index in [0.29, 0.717) is 16.9 Å². The first-order chi connectivity index (χ1) is 12.6. The molecule has 0 fully saturated rings. The molecule has 144 valence electrons. The van der Waals surface area contributed by atoms with Crippen molar-refractivity contribution in [2.75, 3.05) is 17.2 Å². The highest BCUT2D eigenvalue weighted by Crippen LogP contribution is 2.16. The number of hydrogen-bond acceptors (Lipinski definition) is 2. The molecule has 3 amide bonds. The largest absolute Gasteiger partial charge is 0.405 e. The number of rotatable bonds is 5. The Morgan fingerprint density at radius 1 is 0.889 bits per heavy atom. The fourth-order valence-corrected chi connectivity index (χ4v) is 2.27. The molecule has 0 saturated carbocycles. The fraction of sp³-hybridized carbons (Fsp3) is 0.263. The molecule has 0 radical (unpaired) electrons. The molecule has 0 heterocycles. The third kappa shape index (κ3) is 7.01. The lowest BCUT2D eigenvalue weighted by molar-refractivity contribution is -0.138. The van der Waals surface area contributed by atoms with E-state index in [1.54, 1.807) is 30.3 Å². The number of amides is 3. The maximum absolute atomic E-state index is 12.1. The summed E-state index contributed by atoms with van der Waals surface area (Å²) in [5.41, 5.74) is 3.87. The van der Waals surface area contributed by atoms with Crippen LogP contribution in [0.25, 0.3) is 0 Å². The Hall–Kier alpha value is -3.03. The Morgan fingerprint density at radius 3 is 2.07 bits per heavy atom. The van der Waals surface area contributed by atoms with E-state index >= 15 is 0 Å². The normalized spacial score (nSPS) is 11.0. The summed E-state index contributed by atoms with van der Waals surface area (Å²) in [5.74, 6) is -0.722. The molecule has 0 spiro atoms. The maximum Gasteiger partial charge on any atom is 0.405 e. The highest BCUT2D eigenvalue weighted by Gasteiger charge is 2.27. The van der Waals surface area contributed by atoms with Crippen molar-refractivity contribution >= 4 is 23.3 Å². The molecule has 0 aromatic heterocycles. The molecule has 3 N–H and O–H groups in total. The summed E-state index contributed by atoms with van der Waals surface area (Å²) >= 11 is 0. The van der Waals surface area contributed by atoms with Crippen molar-refractivity contribution in [3.8, 4) is 0 Å². The zero-order chi connectivity index (χ0) is 20.0. The number of halogens is 3. The van der Waals surface area contributed by atoms with Crippen molar-refractivity contribution in [3.05, 3.63) is 59.2 Å². The van der Waals surface area contributed by atoms with E-state index in [9.17, 15) is 22.8 Å². The van der Waals surface area contributed by atoms with Crippen LogP contribution in [0, 0.1) is 13.8 Å². The highest BCUT2D eigenvalue weighted by molar-refractivity contribution is 5.99. The standard InChI is InChI=1S/C19H20F3N3O2/c1-12-3-6-16(9-13(12)2)25-18(27)24-15-7-4-14(5-8-15)10-17(26)23-11-19(20,21)22/h3-9H,10-11H2,1-2H3,(H,23,26)(H2,24,25,27). The second-order valence-corrected chi connectivity index (χ2v) is 6.14. The van der Waals surface area contributed by atoms with Crippen molar-refractivity contribution in [1.29, 1.82) is 0 Å². The van der Waals surface area contributed by atoms with Gasteiger partial charge >= 0.3 is 12.2 Å². The quantitative estimate of drug-likeness (QED) is 0.730. The fourth-order valence-electron chi connectivity index (χ4n) is 2.27. The van der Waals surface area contributed by atoms with Gasteiger partial charge in [0.05, 0.1) is 6.42 Å². The summed E-state index contributed by atoms with van der Waals surface area (Å²) < 4.78 is 36.2. The zero-order valence-corrected chi connectivity index (χ0v) is 14.9. The number of carbonyl (C=O) groups excluding carboxylic acids is 2. The van der Waals surface area contributed by atoms with Crippen LogP contribution in [0.1, 0.15) is 16.7 Å². The van der Waals surface area contributed by atoms with Crippen molar-refractivity contribution < 1.29 is 22.8 Å². The van der Waals surface area contributed by atoms with E-state index in [-0.39, 0.29) is 6.42 Å². The van der Waals surface area contributed by atoms with Crippen molar-refractivity contribution in [2.24, 2.45) is 0 Å². The van der Waals surface area contributed by atoms with Crippen LogP contribution in [-0.4, -0.2) is 24.7 Å². The maximum atomic E-state index is 12.1. The monoisotopic (exact) mass is 379 g/mol.